The second kappa shape index (κ2) is 24.9. The molecule has 4 aromatic carbocycles. The number of ether oxygens (including phenoxy) is 4. The summed E-state index contributed by atoms with van der Waals surface area (Å²) in [6.45, 7) is 14.3. The van der Waals surface area contributed by atoms with E-state index in [0.29, 0.717) is 66.6 Å². The molecule has 4 aliphatic heterocycles. The lowest BCUT2D eigenvalue weighted by Gasteiger charge is -2.42. The molecule has 9 rings (SSSR count). The number of hydrogen-bond acceptors (Lipinski definition) is 12. The average molecular weight is 1050 g/mol. The van der Waals surface area contributed by atoms with Crippen molar-refractivity contribution in [1.29, 1.82) is 0 Å². The zero-order valence-electron chi connectivity index (χ0n) is 43.8. The standard InChI is InChI=1S/C58H72ClN7O9/c1-38(2)75-52-34-48-42(32-39(52)3)33-55(69)66(56(48)41-10-12-43(59)13-11-41)46-18-16-44(17-19-46)62(4)35-40-8-14-45(15-9-40)64-24-22-63(23-25-64)26-27-72-28-29-73-30-31-74-37-54(68)60-50-7-5-6-47-49(50)36-65(58(47)71)51-20-21-53(67)61-57(51)70/h5-7,10-13,16-19,32,34,38,40,45,51,56H,8-9,14-15,20-31,33,35-37H2,1-4H3,(H,60,68)(H,61,67,70)/t40?,45?,51?,56-/m0/s1. The highest BCUT2D eigenvalue weighted by atomic mass is 35.5. The number of nitrogens with zero attached hydrogens (tertiary/aromatic N) is 5. The molecule has 0 aromatic heterocycles. The van der Waals surface area contributed by atoms with E-state index >= 15 is 0 Å². The van der Waals surface area contributed by atoms with Gasteiger partial charge in [0.25, 0.3) is 5.91 Å². The molecule has 5 amide bonds. The van der Waals surface area contributed by atoms with Crippen LogP contribution in [-0.4, -0.2) is 148 Å². The number of aryl methyl sites for hydroxylation is 1. The molecule has 0 bridgehead atoms. The molecule has 2 atom stereocenters. The highest BCUT2D eigenvalue weighted by Gasteiger charge is 2.40. The Morgan fingerprint density at radius 3 is 2.25 bits per heavy atom. The maximum atomic E-state index is 14.0. The molecule has 4 aromatic rings. The number of halogens is 1. The Hall–Kier alpha value is -5.88. The summed E-state index contributed by atoms with van der Waals surface area (Å²) < 4.78 is 23.3. The van der Waals surface area contributed by atoms with Crippen LogP contribution in [0.4, 0.5) is 17.1 Å². The minimum atomic E-state index is -0.728. The molecule has 17 heteroatoms. The Balaban J connectivity index is 0.634. The Morgan fingerprint density at radius 1 is 0.840 bits per heavy atom. The van der Waals surface area contributed by atoms with E-state index in [9.17, 15) is 24.0 Å². The smallest absolute Gasteiger partial charge is 0.255 e. The first-order valence-corrected chi connectivity index (χ1v) is 27.1. The number of imide groups is 1. The molecule has 3 fully saturated rings. The fourth-order valence-corrected chi connectivity index (χ4v) is 11.6. The van der Waals surface area contributed by atoms with Gasteiger partial charge in [-0.2, -0.15) is 0 Å². The number of rotatable bonds is 21. The summed E-state index contributed by atoms with van der Waals surface area (Å²) in [5.74, 6) is 0.0584. The van der Waals surface area contributed by atoms with Crippen LogP contribution in [0, 0.1) is 12.8 Å². The van der Waals surface area contributed by atoms with Crippen molar-refractivity contribution in [3.8, 4) is 5.75 Å². The van der Waals surface area contributed by atoms with Gasteiger partial charge in [-0.3, -0.25) is 39.1 Å². The second-order valence-electron chi connectivity index (χ2n) is 20.9. The third-order valence-electron chi connectivity index (χ3n) is 15.4. The maximum Gasteiger partial charge on any atom is 0.255 e. The van der Waals surface area contributed by atoms with Gasteiger partial charge in [0.15, 0.2) is 0 Å². The van der Waals surface area contributed by atoms with Crippen molar-refractivity contribution in [2.24, 2.45) is 5.92 Å². The van der Waals surface area contributed by atoms with Crippen LogP contribution >= 0.6 is 11.6 Å². The monoisotopic (exact) mass is 1050 g/mol. The Bertz CT molecular complexity index is 2670. The SMILES string of the molecule is Cc1cc2c(cc1OC(C)C)[C@H](c1ccc(Cl)cc1)N(c1ccc(N(C)CC3CCC(N4CCN(CCOCCOCCOCC(=O)Nc5cccc6c5CN(C5CCC(=O)NC5=O)C6=O)CC4)CC3)cc1)C(=O)C2. The predicted octanol–water partition coefficient (Wildman–Crippen LogP) is 7.18. The van der Waals surface area contributed by atoms with Crippen molar-refractivity contribution in [3.05, 3.63) is 117 Å². The molecule has 0 radical (unpaired) electrons. The van der Waals surface area contributed by atoms with Crippen LogP contribution in [0.2, 0.25) is 5.02 Å². The summed E-state index contributed by atoms with van der Waals surface area (Å²) in [5.41, 5.74) is 7.71. The third-order valence-corrected chi connectivity index (χ3v) is 15.6. The number of fused-ring (bicyclic) bond motifs is 2. The van der Waals surface area contributed by atoms with Crippen molar-refractivity contribution < 1.29 is 42.9 Å². The van der Waals surface area contributed by atoms with Crippen LogP contribution in [0.3, 0.4) is 0 Å². The lowest BCUT2D eigenvalue weighted by Crippen LogP contribution is -2.52. The second-order valence-corrected chi connectivity index (χ2v) is 21.3. The summed E-state index contributed by atoms with van der Waals surface area (Å²) in [6, 6.07) is 25.2. The van der Waals surface area contributed by atoms with E-state index in [4.69, 9.17) is 30.5 Å². The van der Waals surface area contributed by atoms with Crippen LogP contribution in [0.15, 0.2) is 78.9 Å². The van der Waals surface area contributed by atoms with Crippen molar-refractivity contribution in [2.75, 3.05) is 101 Å². The molecule has 1 saturated carbocycles. The molecule has 16 nitrogen and oxygen atoms in total. The number of carbonyl (C=O) groups is 5. The first kappa shape index (κ1) is 53.9. The number of carbonyl (C=O) groups excluding carboxylic acids is 5. The number of amides is 5. The fraction of sp³-hybridized carbons (Fsp3) is 0.500. The number of piperidine rings is 1. The van der Waals surface area contributed by atoms with E-state index in [1.807, 2.05) is 49.9 Å². The van der Waals surface area contributed by atoms with Crippen LogP contribution in [0.1, 0.15) is 96.6 Å². The molecule has 5 aliphatic rings. The van der Waals surface area contributed by atoms with Gasteiger partial charge in [0.1, 0.15) is 18.4 Å². The summed E-state index contributed by atoms with van der Waals surface area (Å²) >= 11 is 6.34. The van der Waals surface area contributed by atoms with E-state index < -0.39 is 11.9 Å². The molecular formula is C58H72ClN7O9. The van der Waals surface area contributed by atoms with Gasteiger partial charge in [-0.1, -0.05) is 35.9 Å². The molecule has 0 spiro atoms. The minimum absolute atomic E-state index is 0.0321. The van der Waals surface area contributed by atoms with E-state index in [1.54, 1.807) is 18.2 Å². The first-order chi connectivity index (χ1) is 36.3. The predicted molar refractivity (Wildman–Crippen MR) is 288 cm³/mol. The first-order valence-electron chi connectivity index (χ1n) is 26.7. The number of benzene rings is 4. The van der Waals surface area contributed by atoms with E-state index in [-0.39, 0.29) is 68.4 Å². The van der Waals surface area contributed by atoms with Crippen molar-refractivity contribution in [1.82, 2.24) is 20.0 Å². The summed E-state index contributed by atoms with van der Waals surface area (Å²) in [5, 5.41) is 5.79. The molecular weight excluding hydrogens is 974 g/mol. The molecule has 4 heterocycles. The van der Waals surface area contributed by atoms with E-state index in [2.05, 4.69) is 68.8 Å². The van der Waals surface area contributed by atoms with Gasteiger partial charge in [0, 0.05) is 98.5 Å². The fourth-order valence-electron chi connectivity index (χ4n) is 11.4. The van der Waals surface area contributed by atoms with Gasteiger partial charge in [-0.15, -0.1) is 0 Å². The summed E-state index contributed by atoms with van der Waals surface area (Å²) in [4.78, 5) is 74.8. The number of hydrogen-bond donors (Lipinski definition) is 2. The van der Waals surface area contributed by atoms with E-state index in [0.717, 1.165) is 78.6 Å². The molecule has 400 valence electrons. The minimum Gasteiger partial charge on any atom is -0.491 e. The Labute approximate surface area is 445 Å². The summed E-state index contributed by atoms with van der Waals surface area (Å²) in [6.07, 6.45) is 5.67. The topological polar surface area (TPSA) is 163 Å². The largest absolute Gasteiger partial charge is 0.491 e. The van der Waals surface area contributed by atoms with Gasteiger partial charge in [-0.05, 0) is 136 Å². The Morgan fingerprint density at radius 2 is 1.55 bits per heavy atom. The van der Waals surface area contributed by atoms with Gasteiger partial charge >= 0.3 is 0 Å². The highest BCUT2D eigenvalue weighted by Crippen LogP contribution is 2.43. The third kappa shape index (κ3) is 13.2. The van der Waals surface area contributed by atoms with Gasteiger partial charge in [0.05, 0.1) is 51.6 Å². The molecule has 2 N–H and O–H groups in total. The van der Waals surface area contributed by atoms with Gasteiger partial charge in [0.2, 0.25) is 23.6 Å². The zero-order valence-corrected chi connectivity index (χ0v) is 44.6. The van der Waals surface area contributed by atoms with Gasteiger partial charge < -0.3 is 39.0 Å². The number of piperazine rings is 1. The summed E-state index contributed by atoms with van der Waals surface area (Å²) in [7, 11) is 2.18. The normalized spacial score (nSPS) is 21.3. The quantitative estimate of drug-likeness (QED) is 0.0640. The van der Waals surface area contributed by atoms with Crippen molar-refractivity contribution in [2.45, 2.75) is 96.5 Å². The van der Waals surface area contributed by atoms with Crippen LogP contribution in [-0.2, 0) is 46.4 Å². The van der Waals surface area contributed by atoms with Gasteiger partial charge in [-0.25, -0.2) is 0 Å². The lowest BCUT2D eigenvalue weighted by atomic mass is 9.84. The Kier molecular flexibility index (Phi) is 17.9. The van der Waals surface area contributed by atoms with Crippen molar-refractivity contribution in [3.63, 3.8) is 0 Å². The van der Waals surface area contributed by atoms with Crippen LogP contribution in [0.5, 0.6) is 5.75 Å². The molecule has 1 unspecified atom stereocenters. The molecule has 2 saturated heterocycles. The van der Waals surface area contributed by atoms with Crippen LogP contribution in [0.25, 0.3) is 0 Å². The number of nitrogens with one attached hydrogen (secondary N) is 2. The zero-order chi connectivity index (χ0) is 52.6. The average Bonchev–Trinajstić information content (AvgIpc) is 3.73. The highest BCUT2D eigenvalue weighted by molar-refractivity contribution is 6.30. The molecule has 1 aliphatic carbocycles. The lowest BCUT2D eigenvalue weighted by molar-refractivity contribution is -0.137. The van der Waals surface area contributed by atoms with Crippen molar-refractivity contribution >= 4 is 58.2 Å². The maximum absolute atomic E-state index is 14.0. The number of anilines is 3. The van der Waals surface area contributed by atoms with E-state index in [1.165, 1.54) is 30.6 Å². The molecule has 75 heavy (non-hydrogen) atoms. The van der Waals surface area contributed by atoms with Crippen LogP contribution < -0.4 is 25.2 Å².